The summed E-state index contributed by atoms with van der Waals surface area (Å²) in [5.41, 5.74) is 3.43. The largest absolute Gasteiger partial charge is 0.507 e. The molecule has 22 heavy (non-hydrogen) atoms. The average Bonchev–Trinajstić information content (AvgIpc) is 2.88. The second-order valence-corrected chi connectivity index (χ2v) is 5.52. The molecular weight excluding hydrogens is 344 g/mol. The van der Waals surface area contributed by atoms with Crippen molar-refractivity contribution in [2.45, 2.75) is 6.92 Å². The summed E-state index contributed by atoms with van der Waals surface area (Å²) in [5.74, 6) is 0.163. The number of phenols is 1. The molecule has 0 fully saturated rings. The molecule has 3 aromatic rings. The highest BCUT2D eigenvalue weighted by molar-refractivity contribution is 9.10. The fraction of sp³-hybridized carbons (Fsp3) is 0.0588. The maximum Gasteiger partial charge on any atom is 0.323 e. The number of benzene rings is 2. The molecule has 4 nitrogen and oxygen atoms in total. The summed E-state index contributed by atoms with van der Waals surface area (Å²) in [5, 5.41) is 9.70. The minimum Gasteiger partial charge on any atom is -0.507 e. The van der Waals surface area contributed by atoms with Crippen LogP contribution in [0.1, 0.15) is 11.1 Å². The minimum absolute atomic E-state index is 0.163. The Labute approximate surface area is 136 Å². The van der Waals surface area contributed by atoms with Gasteiger partial charge in [0.05, 0.1) is 0 Å². The third kappa shape index (κ3) is 3.09. The fourth-order valence-corrected chi connectivity index (χ4v) is 2.42. The van der Waals surface area contributed by atoms with Crippen LogP contribution >= 0.6 is 15.9 Å². The number of rotatable bonds is 3. The van der Waals surface area contributed by atoms with E-state index in [0.29, 0.717) is 15.9 Å². The highest BCUT2D eigenvalue weighted by atomic mass is 79.9. The van der Waals surface area contributed by atoms with Crippen molar-refractivity contribution >= 4 is 28.2 Å². The highest BCUT2D eigenvalue weighted by Crippen LogP contribution is 2.31. The molecule has 0 saturated carbocycles. The Hall–Kier alpha value is -2.40. The first-order valence-corrected chi connectivity index (χ1v) is 7.48. The molecule has 3 rings (SSSR count). The number of hydrogen-bond acceptors (Lipinski definition) is 4. The lowest BCUT2D eigenvalue weighted by atomic mass is 10.1. The van der Waals surface area contributed by atoms with Crippen molar-refractivity contribution < 1.29 is 9.52 Å². The van der Waals surface area contributed by atoms with Crippen molar-refractivity contribution in [2.24, 2.45) is 4.99 Å². The second-order valence-electron chi connectivity index (χ2n) is 4.80. The van der Waals surface area contributed by atoms with Crippen LogP contribution in [-0.4, -0.2) is 16.3 Å². The highest BCUT2D eigenvalue weighted by Gasteiger charge is 2.12. The number of halogens is 1. The summed E-state index contributed by atoms with van der Waals surface area (Å²) in [6.07, 6.45) is 1.52. The van der Waals surface area contributed by atoms with E-state index < -0.39 is 0 Å². The normalized spacial score (nSPS) is 11.2. The van der Waals surface area contributed by atoms with Crippen molar-refractivity contribution in [1.29, 1.82) is 0 Å². The molecule has 2 aromatic carbocycles. The molecule has 0 spiro atoms. The van der Waals surface area contributed by atoms with Crippen LogP contribution in [-0.2, 0) is 0 Å². The van der Waals surface area contributed by atoms with Gasteiger partial charge in [0.15, 0.2) is 4.67 Å². The molecule has 1 heterocycles. The van der Waals surface area contributed by atoms with E-state index in [1.165, 1.54) is 11.8 Å². The maximum absolute atomic E-state index is 9.70. The van der Waals surface area contributed by atoms with E-state index in [2.05, 4.69) is 25.9 Å². The SMILES string of the molecule is Cc1ccc(-c2nc(/N=C/c3ccccc3O)oc2Br)cc1. The van der Waals surface area contributed by atoms with Crippen LogP contribution in [0.15, 0.2) is 62.6 Å². The molecule has 1 aromatic heterocycles. The molecule has 0 atom stereocenters. The molecule has 0 aliphatic carbocycles. The van der Waals surface area contributed by atoms with Gasteiger partial charge in [-0.2, -0.15) is 4.98 Å². The standard InChI is InChI=1S/C17H13BrN2O2/c1-11-6-8-12(9-7-11)15-16(18)22-17(20-15)19-10-13-4-2-3-5-14(13)21/h2-10,21H,1H3/b19-10+. The van der Waals surface area contributed by atoms with Crippen molar-refractivity contribution in [3.05, 3.63) is 64.3 Å². The monoisotopic (exact) mass is 356 g/mol. The zero-order chi connectivity index (χ0) is 15.5. The number of aromatic nitrogens is 1. The molecule has 0 saturated heterocycles. The number of aliphatic imine (C=N–C) groups is 1. The molecule has 0 unspecified atom stereocenters. The quantitative estimate of drug-likeness (QED) is 0.681. The van der Waals surface area contributed by atoms with Gasteiger partial charge in [0.1, 0.15) is 11.4 Å². The van der Waals surface area contributed by atoms with Gasteiger partial charge in [0.2, 0.25) is 0 Å². The molecule has 0 amide bonds. The number of nitrogens with zero attached hydrogens (tertiary/aromatic N) is 2. The number of hydrogen-bond donors (Lipinski definition) is 1. The van der Waals surface area contributed by atoms with Crippen molar-refractivity contribution in [2.75, 3.05) is 0 Å². The average molecular weight is 357 g/mol. The lowest BCUT2D eigenvalue weighted by Crippen LogP contribution is -1.81. The van der Waals surface area contributed by atoms with Crippen LogP contribution in [0.5, 0.6) is 5.75 Å². The Morgan fingerprint density at radius 3 is 2.59 bits per heavy atom. The van der Waals surface area contributed by atoms with Gasteiger partial charge in [-0.05, 0) is 35.0 Å². The van der Waals surface area contributed by atoms with Crippen LogP contribution in [0.3, 0.4) is 0 Å². The Kier molecular flexibility index (Phi) is 4.06. The van der Waals surface area contributed by atoms with Crippen LogP contribution < -0.4 is 0 Å². The Balaban J connectivity index is 1.89. The summed E-state index contributed by atoms with van der Waals surface area (Å²) in [6.45, 7) is 2.03. The number of oxazole rings is 1. The van der Waals surface area contributed by atoms with E-state index in [1.807, 2.05) is 37.3 Å². The Morgan fingerprint density at radius 2 is 1.86 bits per heavy atom. The third-order valence-electron chi connectivity index (χ3n) is 3.15. The molecule has 0 radical (unpaired) electrons. The zero-order valence-corrected chi connectivity index (χ0v) is 13.4. The summed E-state index contributed by atoms with van der Waals surface area (Å²) in [6, 6.07) is 15.2. The maximum atomic E-state index is 9.70. The fourth-order valence-electron chi connectivity index (χ4n) is 1.96. The van der Waals surface area contributed by atoms with Crippen LogP contribution in [0, 0.1) is 6.92 Å². The Morgan fingerprint density at radius 1 is 1.14 bits per heavy atom. The van der Waals surface area contributed by atoms with Gasteiger partial charge in [0.25, 0.3) is 0 Å². The molecule has 110 valence electrons. The van der Waals surface area contributed by atoms with E-state index in [0.717, 1.165) is 5.56 Å². The van der Waals surface area contributed by atoms with Gasteiger partial charge in [-0.1, -0.05) is 42.0 Å². The predicted molar refractivity (Wildman–Crippen MR) is 89.7 cm³/mol. The molecule has 0 bridgehead atoms. The number of para-hydroxylation sites is 1. The van der Waals surface area contributed by atoms with E-state index in [-0.39, 0.29) is 11.8 Å². The zero-order valence-electron chi connectivity index (χ0n) is 11.8. The van der Waals surface area contributed by atoms with E-state index in [1.54, 1.807) is 18.2 Å². The first kappa shape index (κ1) is 14.5. The van der Waals surface area contributed by atoms with E-state index in [4.69, 9.17) is 4.42 Å². The lowest BCUT2D eigenvalue weighted by molar-refractivity contribution is 0.474. The summed E-state index contributed by atoms with van der Waals surface area (Å²) in [4.78, 5) is 8.53. The van der Waals surface area contributed by atoms with Gasteiger partial charge in [-0.25, -0.2) is 4.99 Å². The molecular formula is C17H13BrN2O2. The number of aryl methyl sites for hydroxylation is 1. The topological polar surface area (TPSA) is 58.6 Å². The lowest BCUT2D eigenvalue weighted by Gasteiger charge is -1.96. The third-order valence-corrected chi connectivity index (χ3v) is 3.69. The molecule has 5 heteroatoms. The number of aromatic hydroxyl groups is 1. The van der Waals surface area contributed by atoms with Gasteiger partial charge < -0.3 is 9.52 Å². The summed E-state index contributed by atoms with van der Waals surface area (Å²) >= 11 is 3.36. The van der Waals surface area contributed by atoms with Crippen LogP contribution in [0.25, 0.3) is 11.3 Å². The van der Waals surface area contributed by atoms with Crippen LogP contribution in [0.2, 0.25) is 0 Å². The van der Waals surface area contributed by atoms with Crippen molar-refractivity contribution in [1.82, 2.24) is 4.98 Å². The Bertz CT molecular complexity index is 823. The predicted octanol–water partition coefficient (Wildman–Crippen LogP) is 4.87. The van der Waals surface area contributed by atoms with Crippen molar-refractivity contribution in [3.63, 3.8) is 0 Å². The summed E-state index contributed by atoms with van der Waals surface area (Å²) in [7, 11) is 0. The summed E-state index contributed by atoms with van der Waals surface area (Å²) < 4.78 is 6.02. The van der Waals surface area contributed by atoms with E-state index in [9.17, 15) is 5.11 Å². The molecule has 0 aliphatic heterocycles. The molecule has 0 aliphatic rings. The van der Waals surface area contributed by atoms with Gasteiger partial charge in [-0.15, -0.1) is 0 Å². The first-order valence-electron chi connectivity index (χ1n) is 6.69. The smallest absolute Gasteiger partial charge is 0.323 e. The van der Waals surface area contributed by atoms with Gasteiger partial charge >= 0.3 is 6.01 Å². The number of phenolic OH excluding ortho intramolecular Hbond substituents is 1. The van der Waals surface area contributed by atoms with Gasteiger partial charge in [0, 0.05) is 17.3 Å². The van der Waals surface area contributed by atoms with Gasteiger partial charge in [-0.3, -0.25) is 0 Å². The van der Waals surface area contributed by atoms with Crippen LogP contribution in [0.4, 0.5) is 6.01 Å². The van der Waals surface area contributed by atoms with Crippen molar-refractivity contribution in [3.8, 4) is 17.0 Å². The molecule has 1 N–H and O–H groups in total. The minimum atomic E-state index is 0.163. The first-order chi connectivity index (χ1) is 10.6. The second kappa shape index (κ2) is 6.15. The van der Waals surface area contributed by atoms with E-state index >= 15 is 0 Å².